The van der Waals surface area contributed by atoms with Gasteiger partial charge in [0.15, 0.2) is 11.3 Å². The number of aryl methyl sites for hydroxylation is 1. The minimum atomic E-state index is -0.162. The molecule has 0 bridgehead atoms. The number of furan rings is 1. The maximum atomic E-state index is 12.8. The third kappa shape index (κ3) is 3.64. The molecule has 2 aromatic heterocycles. The smallest absolute Gasteiger partial charge is 0.287 e. The molecule has 1 saturated heterocycles. The van der Waals surface area contributed by atoms with Crippen molar-refractivity contribution < 1.29 is 9.21 Å². The van der Waals surface area contributed by atoms with Gasteiger partial charge in [-0.25, -0.2) is 0 Å². The molecule has 4 rings (SSSR count). The summed E-state index contributed by atoms with van der Waals surface area (Å²) in [7, 11) is 0. The van der Waals surface area contributed by atoms with Gasteiger partial charge < -0.3 is 9.73 Å². The van der Waals surface area contributed by atoms with Gasteiger partial charge in [-0.15, -0.1) is 0 Å². The highest BCUT2D eigenvalue weighted by molar-refractivity contribution is 6.35. The molecular weight excluding hydrogens is 374 g/mol. The van der Waals surface area contributed by atoms with E-state index in [1.807, 2.05) is 31.5 Å². The SMILES string of the molecule is Cc1c(C(=O)NC2CCN([C@H](C)c3ccncc3)CC2)oc2c(Cl)cccc12. The van der Waals surface area contributed by atoms with E-state index in [-0.39, 0.29) is 11.9 Å². The van der Waals surface area contributed by atoms with E-state index in [1.165, 1.54) is 5.56 Å². The topological polar surface area (TPSA) is 58.4 Å². The van der Waals surface area contributed by atoms with Crippen LogP contribution in [-0.4, -0.2) is 34.9 Å². The van der Waals surface area contributed by atoms with Crippen molar-refractivity contribution in [2.45, 2.75) is 38.8 Å². The summed E-state index contributed by atoms with van der Waals surface area (Å²) in [6, 6.07) is 10.2. The molecule has 146 valence electrons. The molecule has 28 heavy (non-hydrogen) atoms. The van der Waals surface area contributed by atoms with E-state index >= 15 is 0 Å². The Morgan fingerprint density at radius 3 is 2.64 bits per heavy atom. The molecule has 1 N–H and O–H groups in total. The van der Waals surface area contributed by atoms with Gasteiger partial charge >= 0.3 is 0 Å². The number of pyridine rings is 1. The number of nitrogens with zero attached hydrogens (tertiary/aromatic N) is 2. The minimum absolute atomic E-state index is 0.150. The zero-order valence-corrected chi connectivity index (χ0v) is 16.9. The van der Waals surface area contributed by atoms with Crippen molar-refractivity contribution in [3.63, 3.8) is 0 Å². The molecule has 0 radical (unpaired) electrons. The molecule has 0 unspecified atom stereocenters. The fraction of sp³-hybridized carbons (Fsp3) is 0.364. The Morgan fingerprint density at radius 2 is 1.96 bits per heavy atom. The lowest BCUT2D eigenvalue weighted by Crippen LogP contribution is -2.45. The van der Waals surface area contributed by atoms with Crippen LogP contribution in [0.4, 0.5) is 0 Å². The lowest BCUT2D eigenvalue weighted by atomic mass is 10.0. The maximum absolute atomic E-state index is 12.8. The average molecular weight is 398 g/mol. The van der Waals surface area contributed by atoms with E-state index in [9.17, 15) is 4.79 Å². The number of aromatic nitrogens is 1. The summed E-state index contributed by atoms with van der Waals surface area (Å²) in [6.45, 7) is 6.00. The predicted octanol–water partition coefficient (Wildman–Crippen LogP) is 4.75. The van der Waals surface area contributed by atoms with E-state index in [1.54, 1.807) is 6.07 Å². The van der Waals surface area contributed by atoms with Gasteiger partial charge in [0, 0.05) is 48.5 Å². The summed E-state index contributed by atoms with van der Waals surface area (Å²) in [5, 5.41) is 4.56. The molecule has 3 aromatic rings. The maximum Gasteiger partial charge on any atom is 0.287 e. The van der Waals surface area contributed by atoms with Crippen molar-refractivity contribution >= 4 is 28.5 Å². The Hall–Kier alpha value is -2.37. The average Bonchev–Trinajstić information content (AvgIpc) is 3.07. The molecule has 0 saturated carbocycles. The zero-order valence-electron chi connectivity index (χ0n) is 16.1. The first-order valence-electron chi connectivity index (χ1n) is 9.67. The van der Waals surface area contributed by atoms with Crippen LogP contribution in [0.25, 0.3) is 11.0 Å². The Bertz CT molecular complexity index is 978. The first-order valence-corrected chi connectivity index (χ1v) is 10.0. The van der Waals surface area contributed by atoms with Gasteiger partial charge in [-0.3, -0.25) is 14.7 Å². The molecule has 1 atom stereocenters. The summed E-state index contributed by atoms with van der Waals surface area (Å²) < 4.78 is 5.79. The Morgan fingerprint density at radius 1 is 1.25 bits per heavy atom. The van der Waals surface area contributed by atoms with Crippen molar-refractivity contribution in [2.75, 3.05) is 13.1 Å². The van der Waals surface area contributed by atoms with Crippen LogP contribution < -0.4 is 5.32 Å². The number of piperidine rings is 1. The van der Waals surface area contributed by atoms with E-state index in [0.29, 0.717) is 22.4 Å². The molecule has 1 fully saturated rings. The Labute approximate surface area is 169 Å². The number of hydrogen-bond donors (Lipinski definition) is 1. The number of fused-ring (bicyclic) bond motifs is 1. The number of likely N-dealkylation sites (tertiary alicyclic amines) is 1. The number of carbonyl (C=O) groups is 1. The first-order chi connectivity index (χ1) is 13.5. The van der Waals surface area contributed by atoms with Crippen molar-refractivity contribution in [2.24, 2.45) is 0 Å². The molecule has 1 amide bonds. The van der Waals surface area contributed by atoms with Crippen LogP contribution in [0.5, 0.6) is 0 Å². The molecule has 6 heteroatoms. The lowest BCUT2D eigenvalue weighted by molar-refractivity contribution is 0.0870. The third-order valence-corrected chi connectivity index (χ3v) is 6.02. The van der Waals surface area contributed by atoms with Gasteiger partial charge in [0.2, 0.25) is 0 Å². The quantitative estimate of drug-likeness (QED) is 0.690. The molecule has 1 aromatic carbocycles. The third-order valence-electron chi connectivity index (χ3n) is 5.72. The van der Waals surface area contributed by atoms with E-state index in [0.717, 1.165) is 36.9 Å². The number of benzene rings is 1. The van der Waals surface area contributed by atoms with Crippen LogP contribution in [0, 0.1) is 6.92 Å². The van der Waals surface area contributed by atoms with Gasteiger partial charge in [0.1, 0.15) is 0 Å². The number of halogens is 1. The fourth-order valence-corrected chi connectivity index (χ4v) is 4.17. The standard InChI is InChI=1S/C22H24ClN3O2/c1-14-18-4-3-5-19(23)21(18)28-20(14)22(27)25-17-8-12-26(13-9-17)15(2)16-6-10-24-11-7-16/h3-7,10-11,15,17H,8-9,12-13H2,1-2H3,(H,25,27)/t15-/m1/s1. The van der Waals surface area contributed by atoms with Crippen molar-refractivity contribution in [1.29, 1.82) is 0 Å². The largest absolute Gasteiger partial charge is 0.449 e. The van der Waals surface area contributed by atoms with E-state index < -0.39 is 0 Å². The molecule has 0 spiro atoms. The summed E-state index contributed by atoms with van der Waals surface area (Å²) in [6.07, 6.45) is 5.50. The summed E-state index contributed by atoms with van der Waals surface area (Å²) in [4.78, 5) is 19.3. The normalized spacial score (nSPS) is 17.0. The molecule has 3 heterocycles. The molecule has 5 nitrogen and oxygen atoms in total. The number of hydrogen-bond acceptors (Lipinski definition) is 4. The lowest BCUT2D eigenvalue weighted by Gasteiger charge is -2.36. The second-order valence-electron chi connectivity index (χ2n) is 7.41. The van der Waals surface area contributed by atoms with Crippen LogP contribution in [-0.2, 0) is 0 Å². The van der Waals surface area contributed by atoms with E-state index in [2.05, 4.69) is 34.3 Å². The van der Waals surface area contributed by atoms with Crippen molar-refractivity contribution in [1.82, 2.24) is 15.2 Å². The number of amides is 1. The predicted molar refractivity (Wildman–Crippen MR) is 111 cm³/mol. The van der Waals surface area contributed by atoms with Crippen LogP contribution in [0.3, 0.4) is 0 Å². The summed E-state index contributed by atoms with van der Waals surface area (Å²) >= 11 is 6.20. The molecule has 0 aliphatic carbocycles. The van der Waals surface area contributed by atoms with Crippen molar-refractivity contribution in [3.05, 3.63) is 64.6 Å². The number of nitrogens with one attached hydrogen (secondary N) is 1. The minimum Gasteiger partial charge on any atom is -0.449 e. The fourth-order valence-electron chi connectivity index (χ4n) is 3.96. The van der Waals surface area contributed by atoms with E-state index in [4.69, 9.17) is 16.0 Å². The summed E-state index contributed by atoms with van der Waals surface area (Å²) in [5.74, 6) is 0.195. The highest BCUT2D eigenvalue weighted by Gasteiger charge is 2.26. The van der Waals surface area contributed by atoms with Gasteiger partial charge in [-0.2, -0.15) is 0 Å². The van der Waals surface area contributed by atoms with Gasteiger partial charge in [0.25, 0.3) is 5.91 Å². The number of para-hydroxylation sites is 1. The molecule has 1 aliphatic rings. The monoisotopic (exact) mass is 397 g/mol. The zero-order chi connectivity index (χ0) is 19.7. The second kappa shape index (κ2) is 7.94. The Kier molecular flexibility index (Phi) is 5.38. The first kappa shape index (κ1) is 19.0. The molecule has 1 aliphatic heterocycles. The summed E-state index contributed by atoms with van der Waals surface area (Å²) in [5.41, 5.74) is 2.68. The second-order valence-corrected chi connectivity index (χ2v) is 7.82. The highest BCUT2D eigenvalue weighted by atomic mass is 35.5. The van der Waals surface area contributed by atoms with Gasteiger partial charge in [-0.05, 0) is 50.5 Å². The molecular formula is C22H24ClN3O2. The van der Waals surface area contributed by atoms with Crippen LogP contribution in [0.15, 0.2) is 47.1 Å². The van der Waals surface area contributed by atoms with Crippen LogP contribution in [0.2, 0.25) is 5.02 Å². The number of carbonyl (C=O) groups excluding carboxylic acids is 1. The number of rotatable bonds is 4. The van der Waals surface area contributed by atoms with Crippen LogP contribution in [0.1, 0.15) is 47.5 Å². The van der Waals surface area contributed by atoms with Crippen LogP contribution >= 0.6 is 11.6 Å². The van der Waals surface area contributed by atoms with Crippen molar-refractivity contribution in [3.8, 4) is 0 Å². The highest BCUT2D eigenvalue weighted by Crippen LogP contribution is 2.31. The Balaban J connectivity index is 1.39. The van der Waals surface area contributed by atoms with Gasteiger partial charge in [0.05, 0.1) is 5.02 Å². The van der Waals surface area contributed by atoms with Gasteiger partial charge in [-0.1, -0.05) is 23.7 Å².